The molecule has 0 saturated carbocycles. The molecule has 2 rings (SSSR count). The summed E-state index contributed by atoms with van der Waals surface area (Å²) in [6.45, 7) is 4.78. The molecule has 0 aromatic heterocycles. The van der Waals surface area contributed by atoms with Gasteiger partial charge in [0.15, 0.2) is 5.78 Å². The molecular weight excluding hydrogens is 280 g/mol. The molecule has 0 aliphatic carbocycles. The number of carboxylic acids is 1. The van der Waals surface area contributed by atoms with Gasteiger partial charge in [-0.15, -0.1) is 0 Å². The Hall–Kier alpha value is -2.19. The first-order chi connectivity index (χ1) is 10.4. The largest absolute Gasteiger partial charge is 0.481 e. The second-order valence-electron chi connectivity index (χ2n) is 6.20. The summed E-state index contributed by atoms with van der Waals surface area (Å²) in [5.41, 5.74) is 0.294. The first-order valence-corrected chi connectivity index (χ1v) is 7.39. The number of carbonyl (C=O) groups is 2. The molecule has 1 saturated heterocycles. The van der Waals surface area contributed by atoms with Gasteiger partial charge in [0.25, 0.3) is 0 Å². The summed E-state index contributed by atoms with van der Waals surface area (Å²) in [5.74, 6) is -1.27. The summed E-state index contributed by atoms with van der Waals surface area (Å²) in [4.78, 5) is 25.9. The highest BCUT2D eigenvalue weighted by Crippen LogP contribution is 2.27. The molecule has 0 bridgehead atoms. The van der Waals surface area contributed by atoms with Crippen LogP contribution in [0.5, 0.6) is 0 Å². The lowest BCUT2D eigenvalue weighted by Gasteiger charge is -2.41. The lowest BCUT2D eigenvalue weighted by Crippen LogP contribution is -2.54. The number of hydrogen-bond donors (Lipinski definition) is 1. The molecule has 1 unspecified atom stereocenters. The number of ketones is 1. The predicted octanol–water partition coefficient (Wildman–Crippen LogP) is 2.32. The van der Waals surface area contributed by atoms with E-state index in [9.17, 15) is 14.7 Å². The smallest absolute Gasteiger partial charge is 0.307 e. The Morgan fingerprint density at radius 3 is 2.50 bits per heavy atom. The van der Waals surface area contributed by atoms with Crippen molar-refractivity contribution in [3.05, 3.63) is 35.4 Å². The van der Waals surface area contributed by atoms with E-state index in [1.165, 1.54) is 0 Å². The maximum absolute atomic E-state index is 12.8. The highest BCUT2D eigenvalue weighted by Gasteiger charge is 2.39. The Labute approximate surface area is 130 Å². The fraction of sp³-hybridized carbons (Fsp3) is 0.471. The van der Waals surface area contributed by atoms with Gasteiger partial charge in [-0.2, -0.15) is 5.26 Å². The number of hydrogen-bond acceptors (Lipinski definition) is 4. The lowest BCUT2D eigenvalue weighted by molar-refractivity contribution is -0.144. The Balaban J connectivity index is 2.19. The molecule has 1 aromatic carbocycles. The van der Waals surface area contributed by atoms with E-state index in [1.54, 1.807) is 24.3 Å². The van der Waals surface area contributed by atoms with Crippen molar-refractivity contribution in [1.29, 1.82) is 5.26 Å². The number of nitriles is 1. The Morgan fingerprint density at radius 2 is 1.95 bits per heavy atom. The van der Waals surface area contributed by atoms with E-state index in [-0.39, 0.29) is 5.78 Å². The van der Waals surface area contributed by atoms with Crippen LogP contribution in [-0.2, 0) is 4.79 Å². The van der Waals surface area contributed by atoms with Gasteiger partial charge < -0.3 is 5.11 Å². The first-order valence-electron chi connectivity index (χ1n) is 7.39. The van der Waals surface area contributed by atoms with E-state index >= 15 is 0 Å². The van der Waals surface area contributed by atoms with Gasteiger partial charge in [0.2, 0.25) is 0 Å². The highest BCUT2D eigenvalue weighted by atomic mass is 16.4. The second-order valence-corrected chi connectivity index (χ2v) is 6.20. The topological polar surface area (TPSA) is 81.4 Å². The van der Waals surface area contributed by atoms with Gasteiger partial charge in [-0.1, -0.05) is 12.1 Å². The second kappa shape index (κ2) is 6.29. The molecular formula is C17H20N2O3. The molecule has 1 heterocycles. The summed E-state index contributed by atoms with van der Waals surface area (Å²) >= 11 is 0. The van der Waals surface area contributed by atoms with Crippen LogP contribution in [0.2, 0.25) is 0 Å². The van der Waals surface area contributed by atoms with E-state index in [1.807, 2.05) is 24.8 Å². The zero-order chi connectivity index (χ0) is 16.3. The first kappa shape index (κ1) is 16.2. The number of benzene rings is 1. The van der Waals surface area contributed by atoms with Gasteiger partial charge >= 0.3 is 5.97 Å². The van der Waals surface area contributed by atoms with E-state index in [4.69, 9.17) is 5.26 Å². The van der Waals surface area contributed by atoms with Crippen LogP contribution in [0.15, 0.2) is 24.3 Å². The van der Waals surface area contributed by atoms with Gasteiger partial charge in [0.05, 0.1) is 23.1 Å². The quantitative estimate of drug-likeness (QED) is 0.863. The zero-order valence-corrected chi connectivity index (χ0v) is 12.9. The summed E-state index contributed by atoms with van der Waals surface area (Å²) in [5, 5.41) is 18.0. The molecule has 0 amide bonds. The average molecular weight is 300 g/mol. The van der Waals surface area contributed by atoms with Gasteiger partial charge in [0.1, 0.15) is 0 Å². The molecule has 22 heavy (non-hydrogen) atoms. The number of rotatable bonds is 4. The monoisotopic (exact) mass is 300 g/mol. The normalized spacial score (nSPS) is 19.4. The molecule has 116 valence electrons. The van der Waals surface area contributed by atoms with E-state index in [0.29, 0.717) is 24.1 Å². The molecule has 1 aromatic rings. The predicted molar refractivity (Wildman–Crippen MR) is 81.5 cm³/mol. The van der Waals surface area contributed by atoms with Crippen LogP contribution >= 0.6 is 0 Å². The standard InChI is InChI=1S/C17H20N2O3/c1-17(2,19-9-3-4-14(11-19)16(21)22)15(20)13-7-5-12(10-18)6-8-13/h5-8,14H,3-4,9,11H2,1-2H3,(H,21,22). The fourth-order valence-corrected chi connectivity index (χ4v) is 2.88. The minimum absolute atomic E-state index is 0.0528. The third-order valence-corrected chi connectivity index (χ3v) is 4.39. The lowest BCUT2D eigenvalue weighted by atomic mass is 9.87. The number of piperidine rings is 1. The van der Waals surface area contributed by atoms with Crippen LogP contribution in [0, 0.1) is 17.2 Å². The van der Waals surface area contributed by atoms with E-state index < -0.39 is 17.4 Å². The third kappa shape index (κ3) is 3.18. The molecule has 1 atom stereocenters. The molecule has 5 heteroatoms. The number of nitrogens with zero attached hydrogens (tertiary/aromatic N) is 2. The summed E-state index contributed by atoms with van der Waals surface area (Å²) < 4.78 is 0. The van der Waals surface area contributed by atoms with Crippen LogP contribution in [0.25, 0.3) is 0 Å². The van der Waals surface area contributed by atoms with Crippen molar-refractivity contribution >= 4 is 11.8 Å². The van der Waals surface area contributed by atoms with Crippen molar-refractivity contribution in [3.63, 3.8) is 0 Å². The Kier molecular flexibility index (Phi) is 4.62. The molecule has 1 N–H and O–H groups in total. The molecule has 1 aliphatic rings. The van der Waals surface area contributed by atoms with Crippen molar-refractivity contribution in [1.82, 2.24) is 4.90 Å². The van der Waals surface area contributed by atoms with Crippen molar-refractivity contribution in [3.8, 4) is 6.07 Å². The van der Waals surface area contributed by atoms with Crippen LogP contribution < -0.4 is 0 Å². The van der Waals surface area contributed by atoms with Crippen molar-refractivity contribution < 1.29 is 14.7 Å². The molecule has 5 nitrogen and oxygen atoms in total. The molecule has 0 spiro atoms. The van der Waals surface area contributed by atoms with Crippen LogP contribution in [0.4, 0.5) is 0 Å². The maximum Gasteiger partial charge on any atom is 0.307 e. The highest BCUT2D eigenvalue weighted by molar-refractivity contribution is 6.02. The summed E-state index contributed by atoms with van der Waals surface area (Å²) in [6.07, 6.45) is 1.44. The summed E-state index contributed by atoms with van der Waals surface area (Å²) in [6, 6.07) is 8.58. The Morgan fingerprint density at radius 1 is 1.32 bits per heavy atom. The molecule has 1 fully saturated rings. The fourth-order valence-electron chi connectivity index (χ4n) is 2.88. The van der Waals surface area contributed by atoms with Crippen LogP contribution in [0.3, 0.4) is 0 Å². The molecule has 1 aliphatic heterocycles. The van der Waals surface area contributed by atoms with Crippen molar-refractivity contribution in [2.75, 3.05) is 13.1 Å². The number of Topliss-reactive ketones (excluding diaryl/α,β-unsaturated/α-hetero) is 1. The Bertz CT molecular complexity index is 614. The van der Waals surface area contributed by atoms with E-state index in [2.05, 4.69) is 0 Å². The van der Waals surface area contributed by atoms with Crippen molar-refractivity contribution in [2.24, 2.45) is 5.92 Å². The van der Waals surface area contributed by atoms with Gasteiger partial charge in [-0.05, 0) is 45.4 Å². The van der Waals surface area contributed by atoms with Crippen molar-refractivity contribution in [2.45, 2.75) is 32.2 Å². The third-order valence-electron chi connectivity index (χ3n) is 4.39. The van der Waals surface area contributed by atoms with Crippen LogP contribution in [-0.4, -0.2) is 40.4 Å². The number of aliphatic carboxylic acids is 1. The SMILES string of the molecule is CC(C)(C(=O)c1ccc(C#N)cc1)N1CCCC(C(=O)O)C1. The maximum atomic E-state index is 12.8. The number of carboxylic acid groups (broad SMARTS) is 1. The minimum Gasteiger partial charge on any atom is -0.481 e. The van der Waals surface area contributed by atoms with Gasteiger partial charge in [-0.25, -0.2) is 0 Å². The summed E-state index contributed by atoms with van der Waals surface area (Å²) in [7, 11) is 0. The number of likely N-dealkylation sites (tertiary alicyclic amines) is 1. The van der Waals surface area contributed by atoms with Crippen LogP contribution in [0.1, 0.15) is 42.6 Å². The van der Waals surface area contributed by atoms with E-state index in [0.717, 1.165) is 13.0 Å². The van der Waals surface area contributed by atoms with Gasteiger partial charge in [0, 0.05) is 12.1 Å². The minimum atomic E-state index is -0.800. The average Bonchev–Trinajstić information content (AvgIpc) is 2.54. The molecule has 0 radical (unpaired) electrons. The van der Waals surface area contributed by atoms with Gasteiger partial charge in [-0.3, -0.25) is 14.5 Å². The zero-order valence-electron chi connectivity index (χ0n) is 12.9. The number of carbonyl (C=O) groups excluding carboxylic acids is 1.